The molecule has 1 N–H and O–H groups in total. The number of carbonyl (C=O) groups excluding carboxylic acids is 1. The van der Waals surface area contributed by atoms with E-state index in [-0.39, 0.29) is 17.2 Å². The molecule has 0 spiro atoms. The maximum absolute atomic E-state index is 12.7. The second-order valence-electron chi connectivity index (χ2n) is 7.37. The topological polar surface area (TPSA) is 88.0 Å². The van der Waals surface area contributed by atoms with Gasteiger partial charge in [0.25, 0.3) is 11.6 Å². The highest BCUT2D eigenvalue weighted by Crippen LogP contribution is 2.33. The number of anilines is 3. The molecule has 2 aliphatic heterocycles. The average molecular weight is 475 g/mol. The molecule has 2 saturated heterocycles. The van der Waals surface area contributed by atoms with Gasteiger partial charge in [0.05, 0.1) is 23.8 Å². The summed E-state index contributed by atoms with van der Waals surface area (Å²) in [6, 6.07) is 10.3. The summed E-state index contributed by atoms with van der Waals surface area (Å²) in [5.74, 6) is -0.378. The highest BCUT2D eigenvalue weighted by atomic mass is 79.9. The number of benzene rings is 2. The molecule has 158 valence electrons. The van der Waals surface area contributed by atoms with Gasteiger partial charge in [-0.1, -0.05) is 0 Å². The SMILES string of the molecule is O=C(Nc1ccc(N2CCOCC2)c(Br)c1)c1ccc(N2CCCC2)c([N+](=O)[O-])c1. The van der Waals surface area contributed by atoms with Crippen molar-refractivity contribution in [2.24, 2.45) is 0 Å². The van der Waals surface area contributed by atoms with Crippen LogP contribution in [0.15, 0.2) is 40.9 Å². The summed E-state index contributed by atoms with van der Waals surface area (Å²) in [4.78, 5) is 28.1. The number of hydrogen-bond acceptors (Lipinski definition) is 6. The van der Waals surface area contributed by atoms with E-state index in [0.29, 0.717) is 24.6 Å². The van der Waals surface area contributed by atoms with Gasteiger partial charge in [0, 0.05) is 48.0 Å². The van der Waals surface area contributed by atoms with Gasteiger partial charge in [0.2, 0.25) is 0 Å². The Morgan fingerprint density at radius 1 is 1.00 bits per heavy atom. The van der Waals surface area contributed by atoms with Gasteiger partial charge in [-0.3, -0.25) is 14.9 Å². The van der Waals surface area contributed by atoms with Crippen LogP contribution in [-0.4, -0.2) is 50.2 Å². The average Bonchev–Trinajstić information content (AvgIpc) is 3.29. The molecule has 1 amide bonds. The third-order valence-corrected chi connectivity index (χ3v) is 6.07. The molecule has 2 fully saturated rings. The van der Waals surface area contributed by atoms with Gasteiger partial charge in [0.1, 0.15) is 5.69 Å². The van der Waals surface area contributed by atoms with Crippen molar-refractivity contribution in [1.82, 2.24) is 0 Å². The van der Waals surface area contributed by atoms with Crippen molar-refractivity contribution in [1.29, 1.82) is 0 Å². The molecule has 9 heteroatoms. The third-order valence-electron chi connectivity index (χ3n) is 5.44. The molecule has 0 aromatic heterocycles. The Bertz CT molecular complexity index is 956. The number of nitro benzene ring substituents is 1. The molecule has 0 aliphatic carbocycles. The minimum atomic E-state index is -0.419. The standard InChI is InChI=1S/C21H23BrN4O4/c22-17-14-16(4-6-18(17)25-9-11-30-12-10-25)23-21(27)15-3-5-19(20(13-15)26(28)29)24-7-1-2-8-24/h3-6,13-14H,1-2,7-12H2,(H,23,27). The zero-order valence-corrected chi connectivity index (χ0v) is 18.1. The Morgan fingerprint density at radius 3 is 2.33 bits per heavy atom. The van der Waals surface area contributed by atoms with Crippen molar-refractivity contribution in [2.45, 2.75) is 12.8 Å². The van der Waals surface area contributed by atoms with Crippen molar-refractivity contribution in [3.63, 3.8) is 0 Å². The second kappa shape index (κ2) is 9.01. The molecule has 2 aromatic rings. The number of morpholine rings is 1. The predicted octanol–water partition coefficient (Wildman–Crippen LogP) is 4.05. The van der Waals surface area contributed by atoms with Crippen LogP contribution in [-0.2, 0) is 4.74 Å². The molecule has 30 heavy (non-hydrogen) atoms. The monoisotopic (exact) mass is 474 g/mol. The van der Waals surface area contributed by atoms with E-state index >= 15 is 0 Å². The zero-order valence-electron chi connectivity index (χ0n) is 16.5. The molecule has 0 radical (unpaired) electrons. The number of nitro groups is 1. The van der Waals surface area contributed by atoms with Gasteiger partial charge < -0.3 is 19.9 Å². The lowest BCUT2D eigenvalue weighted by molar-refractivity contribution is -0.384. The van der Waals surface area contributed by atoms with Crippen LogP contribution in [0.5, 0.6) is 0 Å². The summed E-state index contributed by atoms with van der Waals surface area (Å²) in [6.45, 7) is 4.62. The first kappa shape index (κ1) is 20.6. The molecule has 2 aliphatic rings. The molecule has 0 unspecified atom stereocenters. The summed E-state index contributed by atoms with van der Waals surface area (Å²) in [7, 11) is 0. The molecule has 0 atom stereocenters. The quantitative estimate of drug-likeness (QED) is 0.519. The Labute approximate surface area is 183 Å². The van der Waals surface area contributed by atoms with Gasteiger partial charge in [0.15, 0.2) is 0 Å². The fourth-order valence-electron chi connectivity index (χ4n) is 3.88. The van der Waals surface area contributed by atoms with E-state index in [1.54, 1.807) is 12.1 Å². The number of hydrogen-bond donors (Lipinski definition) is 1. The lowest BCUT2D eigenvalue weighted by Gasteiger charge is -2.29. The fourth-order valence-corrected chi connectivity index (χ4v) is 4.51. The number of ether oxygens (including phenoxy) is 1. The number of nitrogens with one attached hydrogen (secondary N) is 1. The highest BCUT2D eigenvalue weighted by molar-refractivity contribution is 9.10. The van der Waals surface area contributed by atoms with Crippen LogP contribution in [0, 0.1) is 10.1 Å². The van der Waals surface area contributed by atoms with Crippen LogP contribution in [0.3, 0.4) is 0 Å². The number of rotatable bonds is 5. The van der Waals surface area contributed by atoms with E-state index < -0.39 is 4.92 Å². The van der Waals surface area contributed by atoms with E-state index in [1.807, 2.05) is 23.1 Å². The predicted molar refractivity (Wildman–Crippen MR) is 120 cm³/mol. The maximum Gasteiger partial charge on any atom is 0.293 e. The molecule has 4 rings (SSSR count). The van der Waals surface area contributed by atoms with Crippen LogP contribution >= 0.6 is 15.9 Å². The Kier molecular flexibility index (Phi) is 6.19. The van der Waals surface area contributed by atoms with E-state index in [1.165, 1.54) is 6.07 Å². The number of carbonyl (C=O) groups is 1. The number of nitrogens with zero attached hydrogens (tertiary/aromatic N) is 3. The fraction of sp³-hybridized carbons (Fsp3) is 0.381. The molecular weight excluding hydrogens is 452 g/mol. The maximum atomic E-state index is 12.7. The molecule has 0 bridgehead atoms. The first-order valence-corrected chi connectivity index (χ1v) is 10.8. The molecule has 2 aromatic carbocycles. The van der Waals surface area contributed by atoms with E-state index in [2.05, 4.69) is 26.1 Å². The first-order chi connectivity index (χ1) is 14.5. The van der Waals surface area contributed by atoms with Crippen LogP contribution < -0.4 is 15.1 Å². The largest absolute Gasteiger partial charge is 0.378 e. The Hall–Kier alpha value is -2.65. The van der Waals surface area contributed by atoms with Crippen molar-refractivity contribution >= 4 is 44.6 Å². The lowest BCUT2D eigenvalue weighted by atomic mass is 10.1. The minimum absolute atomic E-state index is 0.0339. The van der Waals surface area contributed by atoms with Gasteiger partial charge in [-0.25, -0.2) is 0 Å². The summed E-state index contributed by atoms with van der Waals surface area (Å²) < 4.78 is 6.26. The smallest absolute Gasteiger partial charge is 0.293 e. The zero-order chi connectivity index (χ0) is 21.1. The summed E-state index contributed by atoms with van der Waals surface area (Å²) in [5, 5.41) is 14.4. The normalized spacial score (nSPS) is 16.6. The van der Waals surface area contributed by atoms with Crippen molar-refractivity contribution in [2.75, 3.05) is 54.5 Å². The lowest BCUT2D eigenvalue weighted by Crippen LogP contribution is -2.36. The Balaban J connectivity index is 1.51. The molecular formula is C21H23BrN4O4. The van der Waals surface area contributed by atoms with Crippen molar-refractivity contribution < 1.29 is 14.5 Å². The van der Waals surface area contributed by atoms with Gasteiger partial charge in [-0.15, -0.1) is 0 Å². The third kappa shape index (κ3) is 4.41. The van der Waals surface area contributed by atoms with Gasteiger partial charge in [-0.05, 0) is 59.1 Å². The molecule has 2 heterocycles. The summed E-state index contributed by atoms with van der Waals surface area (Å²) in [6.07, 6.45) is 2.05. The van der Waals surface area contributed by atoms with Crippen LogP contribution in [0.25, 0.3) is 0 Å². The minimum Gasteiger partial charge on any atom is -0.378 e. The van der Waals surface area contributed by atoms with Crippen molar-refractivity contribution in [3.8, 4) is 0 Å². The number of halogens is 1. The summed E-state index contributed by atoms with van der Waals surface area (Å²) >= 11 is 3.58. The highest BCUT2D eigenvalue weighted by Gasteiger charge is 2.24. The van der Waals surface area contributed by atoms with Gasteiger partial charge >= 0.3 is 0 Å². The van der Waals surface area contributed by atoms with Crippen LogP contribution in [0.2, 0.25) is 0 Å². The van der Waals surface area contributed by atoms with Crippen LogP contribution in [0.1, 0.15) is 23.2 Å². The summed E-state index contributed by atoms with van der Waals surface area (Å²) in [5.41, 5.74) is 2.47. The van der Waals surface area contributed by atoms with Crippen LogP contribution in [0.4, 0.5) is 22.7 Å². The second-order valence-corrected chi connectivity index (χ2v) is 8.23. The van der Waals surface area contributed by atoms with E-state index in [0.717, 1.165) is 49.2 Å². The first-order valence-electron chi connectivity index (χ1n) is 10.00. The molecule has 0 saturated carbocycles. The van der Waals surface area contributed by atoms with E-state index in [9.17, 15) is 14.9 Å². The molecule has 8 nitrogen and oxygen atoms in total. The van der Waals surface area contributed by atoms with E-state index in [4.69, 9.17) is 4.74 Å². The number of amides is 1. The Morgan fingerprint density at radius 2 is 1.67 bits per heavy atom. The van der Waals surface area contributed by atoms with Crippen molar-refractivity contribution in [3.05, 3.63) is 56.5 Å². The van der Waals surface area contributed by atoms with Gasteiger partial charge in [-0.2, -0.15) is 0 Å².